The van der Waals surface area contributed by atoms with Gasteiger partial charge in [0.15, 0.2) is 0 Å². The molecule has 34 heavy (non-hydrogen) atoms. The van der Waals surface area contributed by atoms with Crippen LogP contribution in [0.2, 0.25) is 0 Å². The number of aliphatic hydroxyl groups is 1. The van der Waals surface area contributed by atoms with Crippen molar-refractivity contribution in [3.63, 3.8) is 0 Å². The van der Waals surface area contributed by atoms with E-state index in [0.717, 1.165) is 24.3 Å². The number of nitrogens with zero attached hydrogens (tertiary/aromatic N) is 2. The molecule has 0 radical (unpaired) electrons. The molecule has 0 aromatic heterocycles. The van der Waals surface area contributed by atoms with Crippen molar-refractivity contribution < 1.29 is 67.0 Å². The fourth-order valence-corrected chi connectivity index (χ4v) is 2.90. The van der Waals surface area contributed by atoms with Crippen molar-refractivity contribution in [3.05, 3.63) is 35.9 Å². The van der Waals surface area contributed by atoms with Crippen molar-refractivity contribution in [2.45, 2.75) is 54.9 Å². The summed E-state index contributed by atoms with van der Waals surface area (Å²) in [6, 6.07) is 5.18. The van der Waals surface area contributed by atoms with Crippen molar-refractivity contribution in [2.75, 3.05) is 0 Å². The first-order valence-electron chi connectivity index (χ1n) is 8.62. The Morgan fingerprint density at radius 1 is 0.824 bits per heavy atom. The normalized spacial score (nSPS) is 21.0. The first kappa shape index (κ1) is 27.7. The van der Waals surface area contributed by atoms with E-state index >= 15 is 0 Å². The van der Waals surface area contributed by atoms with E-state index in [1.54, 1.807) is 0 Å². The van der Waals surface area contributed by atoms with Gasteiger partial charge < -0.3 is 5.11 Å². The number of alkyl halides is 13. The molecule has 0 fully saturated rings. The quantitative estimate of drug-likeness (QED) is 0.514. The van der Waals surface area contributed by atoms with E-state index < -0.39 is 70.1 Å². The fourth-order valence-electron chi connectivity index (χ4n) is 2.90. The topological polar surface area (TPSA) is 52.9 Å². The summed E-state index contributed by atoms with van der Waals surface area (Å²) in [6.45, 7) is 0.710. The number of hydrogen-bond acceptors (Lipinski definition) is 3. The lowest BCUT2D eigenvalue weighted by Crippen LogP contribution is -2.75. The van der Waals surface area contributed by atoms with E-state index in [4.69, 9.17) is 0 Å². The standard InChI is InChI=1S/C17H11F13N2O2/c1-8-7-11(34,32(31-8)10(33)9-5-3-2-4-6-9)12(18,19)13(20,21)14(22,23)15(24,25)16(26,27)17(28,29)30/h2-6,34H,7H2,1H3. The lowest BCUT2D eigenvalue weighted by molar-refractivity contribution is -0.453. The Balaban J connectivity index is 2.64. The van der Waals surface area contributed by atoms with Crippen LogP contribution in [0.1, 0.15) is 23.7 Å². The first-order chi connectivity index (χ1) is 15.0. The molecule has 17 heteroatoms. The van der Waals surface area contributed by atoms with Gasteiger partial charge in [-0.25, -0.2) is 0 Å². The number of amides is 1. The maximum Gasteiger partial charge on any atom is 0.460 e. The molecule has 1 heterocycles. The number of hydrazone groups is 1. The van der Waals surface area contributed by atoms with Crippen LogP contribution >= 0.6 is 0 Å². The summed E-state index contributed by atoms with van der Waals surface area (Å²) < 4.78 is 175. The van der Waals surface area contributed by atoms with Crippen LogP contribution in [0.3, 0.4) is 0 Å². The smallest absolute Gasteiger partial charge is 0.364 e. The van der Waals surface area contributed by atoms with Gasteiger partial charge in [0.2, 0.25) is 5.72 Å². The molecule has 4 nitrogen and oxygen atoms in total. The van der Waals surface area contributed by atoms with E-state index in [2.05, 4.69) is 5.10 Å². The van der Waals surface area contributed by atoms with Gasteiger partial charge in [-0.05, 0) is 19.1 Å². The highest BCUT2D eigenvalue weighted by Gasteiger charge is 2.93. The van der Waals surface area contributed by atoms with Crippen LogP contribution in [0.25, 0.3) is 0 Å². The SMILES string of the molecule is CC1=NN(C(=O)c2ccccc2)C(O)(C(F)(F)C(F)(F)C(F)(F)C(F)(F)C(F)(F)C(F)(F)F)C1. The zero-order valence-electron chi connectivity index (χ0n) is 16.3. The molecule has 2 rings (SSSR count). The highest BCUT2D eigenvalue weighted by molar-refractivity contribution is 5.97. The molecular formula is C17H11F13N2O2. The Morgan fingerprint density at radius 3 is 1.71 bits per heavy atom. The largest absolute Gasteiger partial charge is 0.460 e. The maximum atomic E-state index is 14.7. The molecule has 0 saturated carbocycles. The molecule has 1 unspecified atom stereocenters. The predicted octanol–water partition coefficient (Wildman–Crippen LogP) is 5.34. The van der Waals surface area contributed by atoms with Gasteiger partial charge in [0, 0.05) is 17.7 Å². The second kappa shape index (κ2) is 7.71. The van der Waals surface area contributed by atoms with Gasteiger partial charge in [0.25, 0.3) is 5.91 Å². The summed E-state index contributed by atoms with van der Waals surface area (Å²) in [4.78, 5) is 12.4. The minimum atomic E-state index is -8.13. The number of halogens is 13. The second-order valence-electron chi connectivity index (χ2n) is 7.18. The molecule has 192 valence electrons. The molecule has 0 aliphatic carbocycles. The van der Waals surface area contributed by atoms with Gasteiger partial charge in [0.1, 0.15) is 0 Å². The minimum absolute atomic E-state index is 0.654. The molecule has 1 aliphatic rings. The molecule has 0 saturated heterocycles. The van der Waals surface area contributed by atoms with Crippen molar-refractivity contribution in [1.82, 2.24) is 5.01 Å². The number of rotatable bonds is 6. The monoisotopic (exact) mass is 522 g/mol. The third-order valence-corrected chi connectivity index (χ3v) is 4.77. The zero-order valence-corrected chi connectivity index (χ0v) is 16.3. The fraction of sp³-hybridized carbons (Fsp3) is 0.529. The molecule has 1 aliphatic heterocycles. The van der Waals surface area contributed by atoms with Crippen LogP contribution in [-0.4, -0.2) is 63.2 Å². The van der Waals surface area contributed by atoms with Crippen molar-refractivity contribution in [3.8, 4) is 0 Å². The van der Waals surface area contributed by atoms with Crippen LogP contribution in [0.5, 0.6) is 0 Å². The molecule has 1 aromatic carbocycles. The molecule has 0 bridgehead atoms. The number of hydrogen-bond donors (Lipinski definition) is 1. The summed E-state index contributed by atoms with van der Waals surface area (Å²) in [7, 11) is 0. The maximum absolute atomic E-state index is 14.7. The summed E-state index contributed by atoms with van der Waals surface area (Å²) in [5, 5.41) is 12.3. The Kier molecular flexibility index (Phi) is 6.27. The van der Waals surface area contributed by atoms with Gasteiger partial charge in [-0.2, -0.15) is 67.2 Å². The minimum Gasteiger partial charge on any atom is -0.364 e. The summed E-state index contributed by atoms with van der Waals surface area (Å²) >= 11 is 0. The molecule has 0 spiro atoms. The highest BCUT2D eigenvalue weighted by Crippen LogP contribution is 2.62. The van der Waals surface area contributed by atoms with Gasteiger partial charge in [0.05, 0.1) is 0 Å². The lowest BCUT2D eigenvalue weighted by Gasteiger charge is -2.45. The molecule has 1 atom stereocenters. The number of benzene rings is 1. The average Bonchev–Trinajstić information content (AvgIpc) is 3.02. The molecule has 1 N–H and O–H groups in total. The van der Waals surface area contributed by atoms with Crippen LogP contribution in [-0.2, 0) is 0 Å². The molecule has 1 aromatic rings. The lowest BCUT2D eigenvalue weighted by atomic mass is 9.86. The number of carbonyl (C=O) groups excluding carboxylic acids is 1. The van der Waals surface area contributed by atoms with Crippen molar-refractivity contribution in [1.29, 1.82) is 0 Å². The first-order valence-corrected chi connectivity index (χ1v) is 8.62. The van der Waals surface area contributed by atoms with E-state index in [1.165, 1.54) is 6.07 Å². The average molecular weight is 522 g/mol. The van der Waals surface area contributed by atoms with E-state index in [-0.39, 0.29) is 0 Å². The van der Waals surface area contributed by atoms with Crippen LogP contribution in [0.4, 0.5) is 57.1 Å². The van der Waals surface area contributed by atoms with E-state index in [9.17, 15) is 67.0 Å². The Labute approximate surface area is 180 Å². The summed E-state index contributed by atoms with van der Waals surface area (Å²) in [5.74, 6) is -40.7. The van der Waals surface area contributed by atoms with E-state index in [1.807, 2.05) is 0 Å². The Bertz CT molecular complexity index is 975. The summed E-state index contributed by atoms with van der Waals surface area (Å²) in [5.41, 5.74) is -6.34. The van der Waals surface area contributed by atoms with Gasteiger partial charge in [-0.15, -0.1) is 0 Å². The zero-order chi connectivity index (χ0) is 26.8. The van der Waals surface area contributed by atoms with Crippen LogP contribution < -0.4 is 0 Å². The third-order valence-electron chi connectivity index (χ3n) is 4.77. The molecule has 1 amide bonds. The van der Waals surface area contributed by atoms with Gasteiger partial charge >= 0.3 is 35.8 Å². The van der Waals surface area contributed by atoms with Crippen LogP contribution in [0.15, 0.2) is 35.4 Å². The van der Waals surface area contributed by atoms with Gasteiger partial charge in [-0.3, -0.25) is 4.79 Å². The van der Waals surface area contributed by atoms with Gasteiger partial charge in [-0.1, -0.05) is 18.2 Å². The van der Waals surface area contributed by atoms with Crippen molar-refractivity contribution >= 4 is 11.6 Å². The molecular weight excluding hydrogens is 511 g/mol. The van der Waals surface area contributed by atoms with E-state index in [0.29, 0.717) is 6.92 Å². The summed E-state index contributed by atoms with van der Waals surface area (Å²) in [6.07, 6.45) is -9.45. The highest BCUT2D eigenvalue weighted by atomic mass is 19.4. The predicted molar refractivity (Wildman–Crippen MR) is 86.1 cm³/mol. The Hall–Kier alpha value is -2.59. The third kappa shape index (κ3) is 3.50. The van der Waals surface area contributed by atoms with Crippen LogP contribution in [0, 0.1) is 0 Å². The second-order valence-corrected chi connectivity index (χ2v) is 7.18. The Morgan fingerprint density at radius 2 is 1.26 bits per heavy atom. The van der Waals surface area contributed by atoms with Crippen molar-refractivity contribution in [2.24, 2.45) is 5.10 Å². The number of carbonyl (C=O) groups is 1.